The highest BCUT2D eigenvalue weighted by Gasteiger charge is 2.23. The molecule has 33 heavy (non-hydrogen) atoms. The van der Waals surface area contributed by atoms with Crippen molar-refractivity contribution in [2.75, 3.05) is 31.5 Å². The van der Waals surface area contributed by atoms with Gasteiger partial charge in [0.1, 0.15) is 10.6 Å². The van der Waals surface area contributed by atoms with Crippen molar-refractivity contribution >= 4 is 45.3 Å². The predicted octanol–water partition coefficient (Wildman–Crippen LogP) is 6.54. The van der Waals surface area contributed by atoms with Gasteiger partial charge in [-0.15, -0.1) is 11.3 Å². The highest BCUT2D eigenvalue weighted by molar-refractivity contribution is 7.80. The summed E-state index contributed by atoms with van der Waals surface area (Å²) >= 11 is 6.89. The largest absolute Gasteiger partial charge is 0.493 e. The number of ether oxygens (including phenoxy) is 3. The molecule has 1 aromatic heterocycles. The van der Waals surface area contributed by atoms with Crippen molar-refractivity contribution in [3.63, 3.8) is 0 Å². The fraction of sp³-hybridized carbons (Fsp3) is 0.280. The molecule has 1 heterocycles. The topological polar surface area (TPSA) is 68.8 Å². The van der Waals surface area contributed by atoms with Crippen LogP contribution in [0.3, 0.4) is 0 Å². The van der Waals surface area contributed by atoms with E-state index in [4.69, 9.17) is 26.4 Å². The second-order valence-electron chi connectivity index (χ2n) is 7.50. The smallest absolute Gasteiger partial charge is 0.341 e. The number of rotatable bonds is 8. The molecule has 8 heteroatoms. The first kappa shape index (κ1) is 24.5. The van der Waals surface area contributed by atoms with E-state index in [1.54, 1.807) is 27.2 Å². The fourth-order valence-corrected chi connectivity index (χ4v) is 4.54. The number of benzene rings is 2. The number of nitrogens with one attached hydrogen (secondary N) is 2. The van der Waals surface area contributed by atoms with E-state index in [1.807, 2.05) is 29.6 Å². The van der Waals surface area contributed by atoms with Crippen LogP contribution in [0, 0.1) is 0 Å². The van der Waals surface area contributed by atoms with Gasteiger partial charge in [-0.05, 0) is 60.5 Å². The maximum Gasteiger partial charge on any atom is 0.341 e. The number of thiocarbonyl (C=S) groups is 1. The van der Waals surface area contributed by atoms with Crippen molar-refractivity contribution in [2.24, 2.45) is 0 Å². The predicted molar refractivity (Wildman–Crippen MR) is 139 cm³/mol. The molecule has 0 aliphatic heterocycles. The molecular weight excluding hydrogens is 456 g/mol. The minimum atomic E-state index is -0.421. The number of anilines is 2. The third kappa shape index (κ3) is 5.83. The normalized spacial score (nSPS) is 10.6. The Bertz CT molecular complexity index is 1120. The molecule has 3 rings (SSSR count). The molecule has 2 aromatic carbocycles. The summed E-state index contributed by atoms with van der Waals surface area (Å²) in [4.78, 5) is 12.9. The summed E-state index contributed by atoms with van der Waals surface area (Å²) in [5.74, 6) is 1.22. The van der Waals surface area contributed by atoms with Gasteiger partial charge >= 0.3 is 5.97 Å². The van der Waals surface area contributed by atoms with Crippen molar-refractivity contribution < 1.29 is 19.0 Å². The van der Waals surface area contributed by atoms with Crippen LogP contribution in [0.15, 0.2) is 47.8 Å². The number of thiophene rings is 1. The standard InChI is InChI=1S/C25H28N2O4S2/c1-6-31-24(28)22-19(17-9-12-20(29-4)21(13-17)30-5)14-33-23(22)27-25(32)26-18-10-7-16(8-11-18)15(2)3/h7-15H,6H2,1-5H3,(H2,26,27,32). The van der Waals surface area contributed by atoms with Gasteiger partial charge in [0.2, 0.25) is 0 Å². The SMILES string of the molecule is CCOC(=O)c1c(-c2ccc(OC)c(OC)c2)csc1NC(=S)Nc1ccc(C(C)C)cc1. The minimum absolute atomic E-state index is 0.268. The summed E-state index contributed by atoms with van der Waals surface area (Å²) in [6.45, 7) is 6.35. The summed E-state index contributed by atoms with van der Waals surface area (Å²) in [6.07, 6.45) is 0. The zero-order valence-electron chi connectivity index (χ0n) is 19.4. The average molecular weight is 485 g/mol. The van der Waals surface area contributed by atoms with E-state index >= 15 is 0 Å². The summed E-state index contributed by atoms with van der Waals surface area (Å²) in [5.41, 5.74) is 4.08. The van der Waals surface area contributed by atoms with Gasteiger partial charge in [0.25, 0.3) is 0 Å². The van der Waals surface area contributed by atoms with Crippen molar-refractivity contribution in [2.45, 2.75) is 26.7 Å². The van der Waals surface area contributed by atoms with Crippen molar-refractivity contribution in [3.05, 3.63) is 59.0 Å². The Morgan fingerprint density at radius 1 is 1.03 bits per heavy atom. The Hall–Kier alpha value is -3.10. The number of methoxy groups -OCH3 is 2. The van der Waals surface area contributed by atoms with Crippen molar-refractivity contribution in [1.29, 1.82) is 0 Å². The third-order valence-electron chi connectivity index (χ3n) is 5.03. The van der Waals surface area contributed by atoms with Gasteiger partial charge in [-0.3, -0.25) is 0 Å². The number of hydrogen-bond acceptors (Lipinski definition) is 6. The lowest BCUT2D eigenvalue weighted by molar-refractivity contribution is 0.0529. The highest BCUT2D eigenvalue weighted by atomic mass is 32.1. The second kappa shape index (κ2) is 11.2. The van der Waals surface area contributed by atoms with Gasteiger partial charge in [0.05, 0.1) is 20.8 Å². The minimum Gasteiger partial charge on any atom is -0.493 e. The summed E-state index contributed by atoms with van der Waals surface area (Å²) in [6, 6.07) is 13.6. The van der Waals surface area contributed by atoms with Gasteiger partial charge in [0, 0.05) is 16.6 Å². The van der Waals surface area contributed by atoms with E-state index in [2.05, 4.69) is 36.6 Å². The molecule has 2 N–H and O–H groups in total. The first-order chi connectivity index (χ1) is 15.9. The van der Waals surface area contributed by atoms with Crippen LogP contribution in [0.5, 0.6) is 11.5 Å². The lowest BCUT2D eigenvalue weighted by Gasteiger charge is -2.13. The molecule has 0 bridgehead atoms. The van der Waals surface area contributed by atoms with E-state index < -0.39 is 5.97 Å². The van der Waals surface area contributed by atoms with E-state index in [-0.39, 0.29) is 6.61 Å². The summed E-state index contributed by atoms with van der Waals surface area (Å²) < 4.78 is 16.1. The number of carbonyl (C=O) groups excluding carboxylic acids is 1. The van der Waals surface area contributed by atoms with Gasteiger partial charge in [-0.25, -0.2) is 4.79 Å². The van der Waals surface area contributed by atoms with Crippen LogP contribution in [0.25, 0.3) is 11.1 Å². The molecule has 0 atom stereocenters. The quantitative estimate of drug-likeness (QED) is 0.278. The third-order valence-corrected chi connectivity index (χ3v) is 6.13. The Labute approximate surface area is 203 Å². The molecule has 3 aromatic rings. The molecule has 0 saturated carbocycles. The number of carbonyl (C=O) groups is 1. The Kier molecular flexibility index (Phi) is 8.30. The Morgan fingerprint density at radius 2 is 1.73 bits per heavy atom. The molecule has 0 aliphatic carbocycles. The lowest BCUT2D eigenvalue weighted by atomic mass is 10.0. The first-order valence-electron chi connectivity index (χ1n) is 10.6. The van der Waals surface area contributed by atoms with Crippen LogP contribution in [-0.2, 0) is 4.74 Å². The maximum atomic E-state index is 12.9. The van der Waals surface area contributed by atoms with E-state index in [1.165, 1.54) is 16.9 Å². The molecule has 6 nitrogen and oxygen atoms in total. The molecule has 0 unspecified atom stereocenters. The molecule has 174 valence electrons. The van der Waals surface area contributed by atoms with E-state index in [0.717, 1.165) is 16.8 Å². The van der Waals surface area contributed by atoms with Crippen LogP contribution in [-0.4, -0.2) is 31.9 Å². The van der Waals surface area contributed by atoms with Crippen LogP contribution in [0.2, 0.25) is 0 Å². The Morgan fingerprint density at radius 3 is 2.33 bits per heavy atom. The fourth-order valence-electron chi connectivity index (χ4n) is 3.29. The first-order valence-corrected chi connectivity index (χ1v) is 11.9. The summed E-state index contributed by atoms with van der Waals surface area (Å²) in [7, 11) is 3.16. The molecule has 0 fully saturated rings. The van der Waals surface area contributed by atoms with Crippen LogP contribution in [0.4, 0.5) is 10.7 Å². The van der Waals surface area contributed by atoms with Gasteiger partial charge in [-0.1, -0.05) is 32.0 Å². The van der Waals surface area contributed by atoms with Gasteiger partial charge < -0.3 is 24.8 Å². The lowest BCUT2D eigenvalue weighted by Crippen LogP contribution is -2.20. The monoisotopic (exact) mass is 484 g/mol. The van der Waals surface area contributed by atoms with Crippen molar-refractivity contribution in [3.8, 4) is 22.6 Å². The molecule has 0 spiro atoms. The highest BCUT2D eigenvalue weighted by Crippen LogP contribution is 2.39. The molecule has 0 amide bonds. The molecule has 0 saturated heterocycles. The maximum absolute atomic E-state index is 12.9. The van der Waals surface area contributed by atoms with Gasteiger partial charge in [0.15, 0.2) is 16.6 Å². The van der Waals surface area contributed by atoms with Crippen molar-refractivity contribution in [1.82, 2.24) is 0 Å². The molecular formula is C25H28N2O4S2. The number of esters is 1. The van der Waals surface area contributed by atoms with Crippen LogP contribution in [0.1, 0.15) is 42.6 Å². The van der Waals surface area contributed by atoms with Gasteiger partial charge in [-0.2, -0.15) is 0 Å². The Balaban J connectivity index is 1.88. The number of hydrogen-bond donors (Lipinski definition) is 2. The van der Waals surface area contributed by atoms with Crippen LogP contribution < -0.4 is 20.1 Å². The van der Waals surface area contributed by atoms with Crippen LogP contribution >= 0.6 is 23.6 Å². The molecule has 0 aliphatic rings. The molecule has 0 radical (unpaired) electrons. The zero-order valence-corrected chi connectivity index (χ0v) is 21.0. The van der Waals surface area contributed by atoms with E-state index in [9.17, 15) is 4.79 Å². The van der Waals surface area contributed by atoms with E-state index in [0.29, 0.717) is 33.1 Å². The zero-order chi connectivity index (χ0) is 24.0. The summed E-state index contributed by atoms with van der Waals surface area (Å²) in [5, 5.41) is 9.23. The second-order valence-corrected chi connectivity index (χ2v) is 8.79. The average Bonchev–Trinajstić information content (AvgIpc) is 3.22.